The van der Waals surface area contributed by atoms with E-state index in [0.717, 1.165) is 12.1 Å². The molecule has 0 saturated carbocycles. The number of hydrogen-bond acceptors (Lipinski definition) is 3. The summed E-state index contributed by atoms with van der Waals surface area (Å²) in [5, 5.41) is 0. The van der Waals surface area contributed by atoms with E-state index in [1.807, 2.05) is 6.07 Å². The molecule has 0 spiro atoms. The van der Waals surface area contributed by atoms with E-state index in [9.17, 15) is 12.8 Å². The molecule has 0 aromatic heterocycles. The standard InChI is InChI=1S/C12H15BrFNO2S/c13-11-6-10(7-12(14)8-11)9-15-2-1-4-18(16,17)5-3-15/h6-8H,1-5,9H2. The van der Waals surface area contributed by atoms with Gasteiger partial charge in [0.15, 0.2) is 9.84 Å². The molecule has 1 aromatic rings. The van der Waals surface area contributed by atoms with Crippen molar-refractivity contribution in [2.75, 3.05) is 24.6 Å². The predicted octanol–water partition coefficient (Wildman–Crippen LogP) is 2.21. The number of hydrogen-bond donors (Lipinski definition) is 0. The van der Waals surface area contributed by atoms with E-state index in [0.29, 0.717) is 24.0 Å². The number of benzene rings is 1. The van der Waals surface area contributed by atoms with E-state index in [4.69, 9.17) is 0 Å². The molecule has 0 unspecified atom stereocenters. The van der Waals surface area contributed by atoms with Crippen LogP contribution in [0.1, 0.15) is 12.0 Å². The van der Waals surface area contributed by atoms with Crippen molar-refractivity contribution < 1.29 is 12.8 Å². The Kier molecular flexibility index (Phi) is 4.40. The maximum atomic E-state index is 13.2. The first-order valence-electron chi connectivity index (χ1n) is 5.82. The highest BCUT2D eigenvalue weighted by molar-refractivity contribution is 9.10. The van der Waals surface area contributed by atoms with Crippen LogP contribution in [0.2, 0.25) is 0 Å². The maximum absolute atomic E-state index is 13.2. The third-order valence-corrected chi connectivity index (χ3v) is 5.15. The molecular formula is C12H15BrFNO2S. The molecule has 1 heterocycles. The number of rotatable bonds is 2. The van der Waals surface area contributed by atoms with Gasteiger partial charge in [-0.05, 0) is 36.7 Å². The van der Waals surface area contributed by atoms with Crippen LogP contribution in [0.3, 0.4) is 0 Å². The van der Waals surface area contributed by atoms with Crippen LogP contribution in [0.5, 0.6) is 0 Å². The Labute approximate surface area is 115 Å². The topological polar surface area (TPSA) is 37.4 Å². The van der Waals surface area contributed by atoms with Crippen molar-refractivity contribution in [2.45, 2.75) is 13.0 Å². The molecule has 0 N–H and O–H groups in total. The van der Waals surface area contributed by atoms with Gasteiger partial charge < -0.3 is 0 Å². The third-order valence-electron chi connectivity index (χ3n) is 2.98. The van der Waals surface area contributed by atoms with E-state index in [-0.39, 0.29) is 17.3 Å². The van der Waals surface area contributed by atoms with Crippen LogP contribution < -0.4 is 0 Å². The normalized spacial score (nSPS) is 20.6. The molecule has 1 aliphatic heterocycles. The van der Waals surface area contributed by atoms with E-state index >= 15 is 0 Å². The molecule has 2 rings (SSSR count). The van der Waals surface area contributed by atoms with Crippen LogP contribution >= 0.6 is 15.9 Å². The second-order valence-electron chi connectivity index (χ2n) is 4.56. The fraction of sp³-hybridized carbons (Fsp3) is 0.500. The zero-order chi connectivity index (χ0) is 13.2. The first-order valence-corrected chi connectivity index (χ1v) is 8.44. The van der Waals surface area contributed by atoms with Gasteiger partial charge in [0.2, 0.25) is 0 Å². The van der Waals surface area contributed by atoms with Gasteiger partial charge in [0, 0.05) is 17.6 Å². The molecule has 1 saturated heterocycles. The van der Waals surface area contributed by atoms with Crippen LogP contribution in [-0.2, 0) is 16.4 Å². The van der Waals surface area contributed by atoms with E-state index < -0.39 is 9.84 Å². The molecular weight excluding hydrogens is 321 g/mol. The van der Waals surface area contributed by atoms with Crippen molar-refractivity contribution in [2.24, 2.45) is 0 Å². The van der Waals surface area contributed by atoms with Gasteiger partial charge in [-0.2, -0.15) is 0 Å². The van der Waals surface area contributed by atoms with Gasteiger partial charge in [0.1, 0.15) is 5.82 Å². The first kappa shape index (κ1) is 14.0. The predicted molar refractivity (Wildman–Crippen MR) is 72.6 cm³/mol. The Morgan fingerprint density at radius 3 is 2.72 bits per heavy atom. The van der Waals surface area contributed by atoms with Gasteiger partial charge in [0.05, 0.1) is 11.5 Å². The summed E-state index contributed by atoms with van der Waals surface area (Å²) in [5.74, 6) is 0.182. The van der Waals surface area contributed by atoms with Gasteiger partial charge in [-0.25, -0.2) is 12.8 Å². The quantitative estimate of drug-likeness (QED) is 0.831. The Morgan fingerprint density at radius 2 is 2.00 bits per heavy atom. The van der Waals surface area contributed by atoms with Gasteiger partial charge >= 0.3 is 0 Å². The molecule has 0 bridgehead atoms. The SMILES string of the molecule is O=S1(=O)CCCN(Cc2cc(F)cc(Br)c2)CC1. The molecule has 0 amide bonds. The Hall–Kier alpha value is -0.460. The molecule has 100 valence electrons. The Bertz CT molecular complexity index is 513. The summed E-state index contributed by atoms with van der Waals surface area (Å²) in [6.45, 7) is 1.86. The number of halogens is 2. The van der Waals surface area contributed by atoms with E-state index in [1.54, 1.807) is 0 Å². The van der Waals surface area contributed by atoms with Crippen molar-refractivity contribution in [1.29, 1.82) is 0 Å². The van der Waals surface area contributed by atoms with E-state index in [2.05, 4.69) is 20.8 Å². The van der Waals surface area contributed by atoms with E-state index in [1.165, 1.54) is 12.1 Å². The zero-order valence-electron chi connectivity index (χ0n) is 9.90. The number of nitrogens with zero attached hydrogens (tertiary/aromatic N) is 1. The molecule has 1 aliphatic rings. The Morgan fingerprint density at radius 1 is 1.22 bits per heavy atom. The number of sulfone groups is 1. The maximum Gasteiger partial charge on any atom is 0.151 e. The summed E-state index contributed by atoms with van der Waals surface area (Å²) in [6.07, 6.45) is 0.652. The lowest BCUT2D eigenvalue weighted by molar-refractivity contribution is 0.287. The second kappa shape index (κ2) is 5.67. The van der Waals surface area contributed by atoms with Crippen LogP contribution in [0.25, 0.3) is 0 Å². The van der Waals surface area contributed by atoms with Crippen molar-refractivity contribution in [3.8, 4) is 0 Å². The monoisotopic (exact) mass is 335 g/mol. The average molecular weight is 336 g/mol. The summed E-state index contributed by atoms with van der Waals surface area (Å²) in [4.78, 5) is 2.06. The molecule has 0 radical (unpaired) electrons. The smallest absolute Gasteiger partial charge is 0.151 e. The minimum absolute atomic E-state index is 0.198. The van der Waals surface area contributed by atoms with Crippen LogP contribution in [0, 0.1) is 5.82 Å². The van der Waals surface area contributed by atoms with Crippen molar-refractivity contribution in [1.82, 2.24) is 4.90 Å². The summed E-state index contributed by atoms with van der Waals surface area (Å²) in [5.41, 5.74) is 0.862. The Balaban J connectivity index is 2.05. The lowest BCUT2D eigenvalue weighted by Crippen LogP contribution is -2.26. The molecule has 18 heavy (non-hydrogen) atoms. The van der Waals surface area contributed by atoms with Crippen molar-refractivity contribution in [3.63, 3.8) is 0 Å². The lowest BCUT2D eigenvalue weighted by atomic mass is 10.2. The molecule has 0 aliphatic carbocycles. The zero-order valence-corrected chi connectivity index (χ0v) is 12.3. The largest absolute Gasteiger partial charge is 0.298 e. The first-order chi connectivity index (χ1) is 8.44. The molecule has 3 nitrogen and oxygen atoms in total. The second-order valence-corrected chi connectivity index (χ2v) is 7.78. The van der Waals surface area contributed by atoms with Crippen molar-refractivity contribution >= 4 is 25.8 Å². The van der Waals surface area contributed by atoms with Crippen molar-refractivity contribution in [3.05, 3.63) is 34.1 Å². The van der Waals surface area contributed by atoms with Gasteiger partial charge in [-0.1, -0.05) is 15.9 Å². The van der Waals surface area contributed by atoms with Gasteiger partial charge in [0.25, 0.3) is 0 Å². The highest BCUT2D eigenvalue weighted by atomic mass is 79.9. The summed E-state index contributed by atoms with van der Waals surface area (Å²) >= 11 is 3.26. The summed E-state index contributed by atoms with van der Waals surface area (Å²) in [7, 11) is -2.89. The molecule has 1 fully saturated rings. The molecule has 6 heteroatoms. The van der Waals surface area contributed by atoms with Gasteiger partial charge in [-0.15, -0.1) is 0 Å². The summed E-state index contributed by atoms with van der Waals surface area (Å²) in [6, 6.07) is 4.77. The van der Waals surface area contributed by atoms with Crippen LogP contribution in [0.4, 0.5) is 4.39 Å². The fourth-order valence-corrected chi connectivity index (χ4v) is 3.93. The minimum atomic E-state index is -2.89. The highest BCUT2D eigenvalue weighted by Crippen LogP contribution is 2.17. The van der Waals surface area contributed by atoms with Crippen LogP contribution in [0.15, 0.2) is 22.7 Å². The lowest BCUT2D eigenvalue weighted by Gasteiger charge is -2.19. The summed E-state index contributed by atoms with van der Waals surface area (Å²) < 4.78 is 36.9. The third kappa shape index (κ3) is 4.03. The fourth-order valence-electron chi connectivity index (χ4n) is 2.11. The van der Waals surface area contributed by atoms with Crippen LogP contribution in [-0.4, -0.2) is 37.9 Å². The van der Waals surface area contributed by atoms with Gasteiger partial charge in [-0.3, -0.25) is 4.90 Å². The minimum Gasteiger partial charge on any atom is -0.298 e. The molecule has 1 aromatic carbocycles. The average Bonchev–Trinajstić information content (AvgIpc) is 2.39. The highest BCUT2D eigenvalue weighted by Gasteiger charge is 2.19. The molecule has 0 atom stereocenters.